The van der Waals surface area contributed by atoms with Crippen LogP contribution in [0.4, 0.5) is 5.00 Å². The lowest BCUT2D eigenvalue weighted by Crippen LogP contribution is -2.26. The van der Waals surface area contributed by atoms with Crippen molar-refractivity contribution in [3.8, 4) is 0 Å². The number of anilines is 1. The SMILES string of the molecule is Cc1cnn(CCNC(=O)c2ccc(NC(=O)C3CC3)s2)c1. The minimum atomic E-state index is -0.124. The van der Waals surface area contributed by atoms with Crippen molar-refractivity contribution >= 4 is 28.2 Å². The lowest BCUT2D eigenvalue weighted by molar-refractivity contribution is -0.117. The van der Waals surface area contributed by atoms with Crippen molar-refractivity contribution in [1.82, 2.24) is 15.1 Å². The quantitative estimate of drug-likeness (QED) is 0.855. The molecular weight excluding hydrogens is 300 g/mol. The molecule has 0 aliphatic heterocycles. The molecule has 2 aromatic rings. The third-order valence-electron chi connectivity index (χ3n) is 3.41. The summed E-state index contributed by atoms with van der Waals surface area (Å²) in [7, 11) is 0. The molecule has 7 heteroatoms. The van der Waals surface area contributed by atoms with Crippen LogP contribution in [-0.2, 0) is 11.3 Å². The van der Waals surface area contributed by atoms with Gasteiger partial charge >= 0.3 is 0 Å². The highest BCUT2D eigenvalue weighted by atomic mass is 32.1. The van der Waals surface area contributed by atoms with E-state index in [1.807, 2.05) is 13.1 Å². The Morgan fingerprint density at radius 3 is 2.91 bits per heavy atom. The fraction of sp³-hybridized carbons (Fsp3) is 0.400. The molecule has 116 valence electrons. The second-order valence-electron chi connectivity index (χ2n) is 5.46. The highest BCUT2D eigenvalue weighted by Crippen LogP contribution is 2.31. The number of hydrogen-bond donors (Lipinski definition) is 2. The summed E-state index contributed by atoms with van der Waals surface area (Å²) >= 11 is 1.30. The number of hydrogen-bond acceptors (Lipinski definition) is 4. The van der Waals surface area contributed by atoms with Crippen LogP contribution in [0.15, 0.2) is 24.5 Å². The smallest absolute Gasteiger partial charge is 0.261 e. The van der Waals surface area contributed by atoms with Crippen molar-refractivity contribution in [2.75, 3.05) is 11.9 Å². The number of aryl methyl sites for hydroxylation is 1. The van der Waals surface area contributed by atoms with E-state index in [1.165, 1.54) is 11.3 Å². The van der Waals surface area contributed by atoms with Crippen molar-refractivity contribution in [2.24, 2.45) is 5.92 Å². The van der Waals surface area contributed by atoms with Gasteiger partial charge in [-0.2, -0.15) is 5.10 Å². The predicted molar refractivity (Wildman–Crippen MR) is 85.0 cm³/mol. The van der Waals surface area contributed by atoms with E-state index in [-0.39, 0.29) is 17.7 Å². The first-order chi connectivity index (χ1) is 10.6. The summed E-state index contributed by atoms with van der Waals surface area (Å²) in [5.74, 6) is 0.0977. The zero-order valence-corrected chi connectivity index (χ0v) is 13.2. The first kappa shape index (κ1) is 14.8. The first-order valence-corrected chi connectivity index (χ1v) is 8.11. The van der Waals surface area contributed by atoms with Gasteiger partial charge in [0, 0.05) is 18.7 Å². The fourth-order valence-electron chi connectivity index (χ4n) is 2.06. The molecular formula is C15H18N4O2S. The lowest BCUT2D eigenvalue weighted by Gasteiger charge is -2.04. The third kappa shape index (κ3) is 3.73. The van der Waals surface area contributed by atoms with Crippen LogP contribution in [0.3, 0.4) is 0 Å². The van der Waals surface area contributed by atoms with Crippen LogP contribution >= 0.6 is 11.3 Å². The van der Waals surface area contributed by atoms with E-state index in [0.29, 0.717) is 18.0 Å². The first-order valence-electron chi connectivity index (χ1n) is 7.30. The van der Waals surface area contributed by atoms with Crippen molar-refractivity contribution in [3.63, 3.8) is 0 Å². The topological polar surface area (TPSA) is 76.0 Å². The largest absolute Gasteiger partial charge is 0.349 e. The third-order valence-corrected chi connectivity index (χ3v) is 4.41. The standard InChI is InChI=1S/C15H18N4O2S/c1-10-8-17-19(9-10)7-6-16-15(21)12-4-5-13(22-12)18-14(20)11-2-3-11/h4-5,8-9,11H,2-3,6-7H2,1H3,(H,16,21)(H,18,20). The summed E-state index contributed by atoms with van der Waals surface area (Å²) in [5, 5.41) is 10.6. The predicted octanol–water partition coefficient (Wildman–Crippen LogP) is 2.03. The molecule has 0 spiro atoms. The molecule has 0 bridgehead atoms. The van der Waals surface area contributed by atoms with Gasteiger partial charge in [-0.15, -0.1) is 11.3 Å². The summed E-state index contributed by atoms with van der Waals surface area (Å²) in [5.41, 5.74) is 1.10. The van der Waals surface area contributed by atoms with Crippen LogP contribution < -0.4 is 10.6 Å². The van der Waals surface area contributed by atoms with Crippen LogP contribution in [-0.4, -0.2) is 28.1 Å². The Labute approximate surface area is 132 Å². The van der Waals surface area contributed by atoms with Crippen LogP contribution in [0.5, 0.6) is 0 Å². The summed E-state index contributed by atoms with van der Waals surface area (Å²) in [4.78, 5) is 24.3. The molecule has 0 unspecified atom stereocenters. The van der Waals surface area contributed by atoms with Gasteiger partial charge in [-0.1, -0.05) is 0 Å². The molecule has 0 saturated heterocycles. The number of nitrogens with one attached hydrogen (secondary N) is 2. The number of nitrogens with zero attached hydrogens (tertiary/aromatic N) is 2. The molecule has 3 rings (SSSR count). The van der Waals surface area contributed by atoms with E-state index in [4.69, 9.17) is 0 Å². The van der Waals surface area contributed by atoms with Crippen LogP contribution in [0.1, 0.15) is 28.1 Å². The zero-order chi connectivity index (χ0) is 15.5. The molecule has 0 aromatic carbocycles. The Balaban J connectivity index is 1.47. The second-order valence-corrected chi connectivity index (χ2v) is 6.55. The van der Waals surface area contributed by atoms with Gasteiger partial charge in [-0.25, -0.2) is 0 Å². The van der Waals surface area contributed by atoms with Crippen LogP contribution in [0.2, 0.25) is 0 Å². The molecule has 2 amide bonds. The summed E-state index contributed by atoms with van der Waals surface area (Å²) in [6.45, 7) is 3.13. The fourth-order valence-corrected chi connectivity index (χ4v) is 2.88. The number of carbonyl (C=O) groups excluding carboxylic acids is 2. The number of aromatic nitrogens is 2. The monoisotopic (exact) mass is 318 g/mol. The number of carbonyl (C=O) groups is 2. The number of rotatable bonds is 6. The van der Waals surface area contributed by atoms with E-state index in [2.05, 4.69) is 15.7 Å². The molecule has 1 aliphatic rings. The molecule has 22 heavy (non-hydrogen) atoms. The molecule has 1 saturated carbocycles. The summed E-state index contributed by atoms with van der Waals surface area (Å²) in [6.07, 6.45) is 5.66. The van der Waals surface area contributed by atoms with Crippen molar-refractivity contribution in [2.45, 2.75) is 26.3 Å². The van der Waals surface area contributed by atoms with Crippen LogP contribution in [0, 0.1) is 12.8 Å². The molecule has 0 radical (unpaired) electrons. The highest BCUT2D eigenvalue weighted by Gasteiger charge is 2.29. The summed E-state index contributed by atoms with van der Waals surface area (Å²) in [6, 6.07) is 3.51. The van der Waals surface area contributed by atoms with E-state index in [0.717, 1.165) is 23.4 Å². The number of thiophene rings is 1. The average Bonchev–Trinajstić information content (AvgIpc) is 3.11. The number of amides is 2. The van der Waals surface area contributed by atoms with Crippen molar-refractivity contribution in [1.29, 1.82) is 0 Å². The van der Waals surface area contributed by atoms with Gasteiger partial charge in [0.1, 0.15) is 0 Å². The van der Waals surface area contributed by atoms with Gasteiger partial charge in [0.25, 0.3) is 5.91 Å². The summed E-state index contributed by atoms with van der Waals surface area (Å²) < 4.78 is 1.80. The van der Waals surface area contributed by atoms with E-state index in [9.17, 15) is 9.59 Å². The second kappa shape index (κ2) is 6.31. The molecule has 2 heterocycles. The molecule has 1 aliphatic carbocycles. The maximum Gasteiger partial charge on any atom is 0.261 e. The van der Waals surface area contributed by atoms with Gasteiger partial charge in [0.05, 0.1) is 22.6 Å². The Morgan fingerprint density at radius 1 is 1.41 bits per heavy atom. The van der Waals surface area contributed by atoms with E-state index < -0.39 is 0 Å². The minimum absolute atomic E-state index is 0.0582. The Kier molecular flexibility index (Phi) is 4.24. The molecule has 2 N–H and O–H groups in total. The minimum Gasteiger partial charge on any atom is -0.349 e. The Bertz CT molecular complexity index is 687. The van der Waals surface area contributed by atoms with Crippen molar-refractivity contribution in [3.05, 3.63) is 35.0 Å². The van der Waals surface area contributed by atoms with E-state index in [1.54, 1.807) is 23.0 Å². The molecule has 6 nitrogen and oxygen atoms in total. The Hall–Kier alpha value is -2.15. The van der Waals surface area contributed by atoms with Gasteiger partial charge in [-0.05, 0) is 37.5 Å². The maximum atomic E-state index is 12.0. The molecule has 0 atom stereocenters. The van der Waals surface area contributed by atoms with Gasteiger partial charge in [-0.3, -0.25) is 14.3 Å². The molecule has 1 fully saturated rings. The maximum absolute atomic E-state index is 12.0. The molecule has 2 aromatic heterocycles. The lowest BCUT2D eigenvalue weighted by atomic mass is 10.4. The van der Waals surface area contributed by atoms with Gasteiger partial charge < -0.3 is 10.6 Å². The van der Waals surface area contributed by atoms with Gasteiger partial charge in [0.15, 0.2) is 0 Å². The zero-order valence-electron chi connectivity index (χ0n) is 12.3. The van der Waals surface area contributed by atoms with Crippen LogP contribution in [0.25, 0.3) is 0 Å². The van der Waals surface area contributed by atoms with Crippen molar-refractivity contribution < 1.29 is 9.59 Å². The van der Waals surface area contributed by atoms with E-state index >= 15 is 0 Å². The normalized spacial score (nSPS) is 13.9. The average molecular weight is 318 g/mol. The van der Waals surface area contributed by atoms with Gasteiger partial charge in [0.2, 0.25) is 5.91 Å². The highest BCUT2D eigenvalue weighted by molar-refractivity contribution is 7.18. The Morgan fingerprint density at radius 2 is 2.23 bits per heavy atom.